The van der Waals surface area contributed by atoms with Crippen LogP contribution in [0, 0.1) is 5.92 Å². The minimum Gasteiger partial charge on any atom is -0.336 e. The van der Waals surface area contributed by atoms with E-state index in [1.807, 2.05) is 25.7 Å². The summed E-state index contributed by atoms with van der Waals surface area (Å²) in [6, 6.07) is 0.283. The topological polar surface area (TPSA) is 20.3 Å². The highest BCUT2D eigenvalue weighted by Crippen LogP contribution is 2.05. The summed E-state index contributed by atoms with van der Waals surface area (Å²) < 4.78 is 0. The van der Waals surface area contributed by atoms with E-state index in [1.165, 1.54) is 0 Å². The van der Waals surface area contributed by atoms with Crippen molar-refractivity contribution >= 4 is 5.91 Å². The lowest BCUT2D eigenvalue weighted by Crippen LogP contribution is -2.38. The summed E-state index contributed by atoms with van der Waals surface area (Å²) in [6.45, 7) is 11.0. The van der Waals surface area contributed by atoms with Crippen molar-refractivity contribution in [3.8, 4) is 0 Å². The monoisotopic (exact) mass is 183 g/mol. The number of carbonyl (C=O) groups excluding carboxylic acids is 1. The van der Waals surface area contributed by atoms with Crippen LogP contribution in [0.5, 0.6) is 0 Å². The van der Waals surface area contributed by atoms with Crippen LogP contribution in [0.2, 0.25) is 0 Å². The fourth-order valence-electron chi connectivity index (χ4n) is 1.19. The fourth-order valence-corrected chi connectivity index (χ4v) is 1.19. The van der Waals surface area contributed by atoms with Gasteiger partial charge in [-0.25, -0.2) is 0 Å². The highest BCUT2D eigenvalue weighted by molar-refractivity contribution is 5.87. The molecule has 0 aromatic carbocycles. The smallest absolute Gasteiger partial charge is 0.246 e. The van der Waals surface area contributed by atoms with Crippen molar-refractivity contribution in [2.24, 2.45) is 5.92 Å². The molecule has 76 valence electrons. The molecule has 0 N–H and O–H groups in total. The van der Waals surface area contributed by atoms with Crippen LogP contribution >= 0.6 is 0 Å². The Morgan fingerprint density at radius 3 is 2.15 bits per heavy atom. The van der Waals surface area contributed by atoms with Crippen molar-refractivity contribution in [2.45, 2.75) is 40.7 Å². The van der Waals surface area contributed by atoms with Crippen molar-refractivity contribution in [3.63, 3.8) is 0 Å². The summed E-state index contributed by atoms with van der Waals surface area (Å²) in [5, 5.41) is 0. The van der Waals surface area contributed by atoms with Crippen molar-refractivity contribution in [1.29, 1.82) is 0 Å². The zero-order chi connectivity index (χ0) is 10.4. The Morgan fingerprint density at radius 1 is 1.31 bits per heavy atom. The van der Waals surface area contributed by atoms with E-state index in [9.17, 15) is 4.79 Å². The maximum atomic E-state index is 11.6. The van der Waals surface area contributed by atoms with Gasteiger partial charge >= 0.3 is 0 Å². The standard InChI is InChI=1S/C11H21NO/c1-6-7-11(13)12(10(4)5)8-9(2)3/h6-7,9-10H,8H2,1-5H3. The molecule has 0 radical (unpaired) electrons. The first-order valence-corrected chi connectivity index (χ1v) is 4.92. The first kappa shape index (κ1) is 12.2. The van der Waals surface area contributed by atoms with Gasteiger partial charge in [0.25, 0.3) is 0 Å². The Balaban J connectivity index is 4.33. The molecular formula is C11H21NO. The second-order valence-electron chi connectivity index (χ2n) is 3.98. The maximum absolute atomic E-state index is 11.6. The molecule has 0 bridgehead atoms. The Bertz CT molecular complexity index is 183. The van der Waals surface area contributed by atoms with Crippen LogP contribution in [0.4, 0.5) is 0 Å². The average Bonchev–Trinajstić information content (AvgIpc) is 1.99. The van der Waals surface area contributed by atoms with Crippen LogP contribution in [0.3, 0.4) is 0 Å². The molecule has 0 aliphatic carbocycles. The van der Waals surface area contributed by atoms with Gasteiger partial charge in [0, 0.05) is 12.6 Å². The predicted octanol–water partition coefficient (Wildman–Crippen LogP) is 2.46. The summed E-state index contributed by atoms with van der Waals surface area (Å²) >= 11 is 0. The zero-order valence-corrected chi connectivity index (χ0v) is 9.37. The molecule has 0 atom stereocenters. The van der Waals surface area contributed by atoms with Crippen molar-refractivity contribution in [3.05, 3.63) is 12.2 Å². The average molecular weight is 183 g/mol. The molecule has 0 saturated heterocycles. The zero-order valence-electron chi connectivity index (χ0n) is 9.37. The Kier molecular flexibility index (Phi) is 5.44. The van der Waals surface area contributed by atoms with Gasteiger partial charge in [-0.15, -0.1) is 0 Å². The molecule has 0 aliphatic heterocycles. The van der Waals surface area contributed by atoms with Crippen LogP contribution in [0.25, 0.3) is 0 Å². The molecule has 1 amide bonds. The normalized spacial score (nSPS) is 11.6. The lowest BCUT2D eigenvalue weighted by Gasteiger charge is -2.27. The van der Waals surface area contributed by atoms with E-state index in [1.54, 1.807) is 12.2 Å². The minimum absolute atomic E-state index is 0.117. The predicted molar refractivity (Wildman–Crippen MR) is 56.5 cm³/mol. The quantitative estimate of drug-likeness (QED) is 0.613. The number of nitrogens with zero attached hydrogens (tertiary/aromatic N) is 1. The molecule has 13 heavy (non-hydrogen) atoms. The lowest BCUT2D eigenvalue weighted by atomic mass is 10.1. The summed E-state index contributed by atoms with van der Waals surface area (Å²) in [4.78, 5) is 13.5. The van der Waals surface area contributed by atoms with Gasteiger partial charge in [-0.1, -0.05) is 19.9 Å². The number of hydrogen-bond acceptors (Lipinski definition) is 1. The van der Waals surface area contributed by atoms with Crippen LogP contribution in [-0.4, -0.2) is 23.4 Å². The molecule has 0 fully saturated rings. The first-order valence-electron chi connectivity index (χ1n) is 4.92. The molecule has 0 saturated carbocycles. The van der Waals surface area contributed by atoms with Crippen LogP contribution < -0.4 is 0 Å². The molecule has 2 nitrogen and oxygen atoms in total. The largest absolute Gasteiger partial charge is 0.336 e. The molecule has 0 heterocycles. The molecule has 2 heteroatoms. The number of allylic oxidation sites excluding steroid dienone is 1. The van der Waals surface area contributed by atoms with E-state index < -0.39 is 0 Å². The lowest BCUT2D eigenvalue weighted by molar-refractivity contribution is -0.128. The molecule has 0 rings (SSSR count). The van der Waals surface area contributed by atoms with E-state index in [4.69, 9.17) is 0 Å². The van der Waals surface area contributed by atoms with Gasteiger partial charge in [-0.05, 0) is 32.8 Å². The van der Waals surface area contributed by atoms with E-state index in [0.29, 0.717) is 5.92 Å². The Labute approximate surface area is 81.6 Å². The van der Waals surface area contributed by atoms with Crippen LogP contribution in [-0.2, 0) is 4.79 Å². The summed E-state index contributed by atoms with van der Waals surface area (Å²) in [7, 11) is 0. The van der Waals surface area contributed by atoms with E-state index in [2.05, 4.69) is 13.8 Å². The Hall–Kier alpha value is -0.790. The highest BCUT2D eigenvalue weighted by Gasteiger charge is 2.14. The molecule has 0 aliphatic rings. The van der Waals surface area contributed by atoms with Crippen molar-refractivity contribution < 1.29 is 4.79 Å². The molecule has 0 aromatic rings. The van der Waals surface area contributed by atoms with Gasteiger partial charge in [-0.2, -0.15) is 0 Å². The second-order valence-corrected chi connectivity index (χ2v) is 3.98. The van der Waals surface area contributed by atoms with E-state index in [0.717, 1.165) is 6.54 Å². The number of carbonyl (C=O) groups is 1. The number of amides is 1. The van der Waals surface area contributed by atoms with Crippen LogP contribution in [0.1, 0.15) is 34.6 Å². The summed E-state index contributed by atoms with van der Waals surface area (Å²) in [5.41, 5.74) is 0. The Morgan fingerprint density at radius 2 is 1.85 bits per heavy atom. The van der Waals surface area contributed by atoms with E-state index >= 15 is 0 Å². The first-order chi connectivity index (χ1) is 5.99. The van der Waals surface area contributed by atoms with Gasteiger partial charge in [0.1, 0.15) is 0 Å². The second kappa shape index (κ2) is 5.79. The highest BCUT2D eigenvalue weighted by atomic mass is 16.2. The van der Waals surface area contributed by atoms with Crippen LogP contribution in [0.15, 0.2) is 12.2 Å². The van der Waals surface area contributed by atoms with Gasteiger partial charge in [0.15, 0.2) is 0 Å². The molecule has 0 unspecified atom stereocenters. The van der Waals surface area contributed by atoms with Gasteiger partial charge in [-0.3, -0.25) is 4.79 Å². The molecule has 0 spiro atoms. The third-order valence-corrected chi connectivity index (χ3v) is 1.78. The SMILES string of the molecule is CC=CC(=O)N(CC(C)C)C(C)C. The molecular weight excluding hydrogens is 162 g/mol. The number of rotatable bonds is 4. The minimum atomic E-state index is 0.117. The van der Waals surface area contributed by atoms with Gasteiger partial charge < -0.3 is 4.90 Å². The number of hydrogen-bond donors (Lipinski definition) is 0. The van der Waals surface area contributed by atoms with Crippen molar-refractivity contribution in [2.75, 3.05) is 6.54 Å². The fraction of sp³-hybridized carbons (Fsp3) is 0.727. The summed E-state index contributed by atoms with van der Waals surface area (Å²) in [6.07, 6.45) is 3.42. The third kappa shape index (κ3) is 4.71. The summed E-state index contributed by atoms with van der Waals surface area (Å²) in [5.74, 6) is 0.641. The molecule has 0 aromatic heterocycles. The third-order valence-electron chi connectivity index (χ3n) is 1.78. The van der Waals surface area contributed by atoms with Gasteiger partial charge in [0.05, 0.1) is 0 Å². The van der Waals surface area contributed by atoms with Gasteiger partial charge in [0.2, 0.25) is 5.91 Å². The van der Waals surface area contributed by atoms with E-state index in [-0.39, 0.29) is 11.9 Å². The van der Waals surface area contributed by atoms with Crippen molar-refractivity contribution in [1.82, 2.24) is 4.90 Å². The maximum Gasteiger partial charge on any atom is 0.246 e.